The first-order chi connectivity index (χ1) is 14.9. The number of carbonyl (C=O) groups excluding carboxylic acids is 2. The fraction of sp³-hybridized carbons (Fsp3) is 0.385. The second kappa shape index (κ2) is 8.88. The Labute approximate surface area is 188 Å². The van der Waals surface area contributed by atoms with E-state index in [1.807, 2.05) is 59.5 Å². The van der Waals surface area contributed by atoms with Gasteiger partial charge < -0.3 is 9.64 Å². The first-order valence-corrected chi connectivity index (χ1v) is 11.3. The van der Waals surface area contributed by atoms with Crippen molar-refractivity contribution in [2.24, 2.45) is 5.92 Å². The summed E-state index contributed by atoms with van der Waals surface area (Å²) >= 11 is 6.29. The van der Waals surface area contributed by atoms with E-state index in [2.05, 4.69) is 13.8 Å². The standard InChI is InChI=1S/C26H28ClNO3/c1-18(2)16-26(20-9-6-10-21(27)15-20)23-17-28(14-13-22(23)25(30)31-26)24(29)12-11-19-7-4-3-5-8-19/h3-10,15,18H,11-14,16-17H2,1-2H3. The van der Waals surface area contributed by atoms with Crippen LogP contribution in [0.4, 0.5) is 0 Å². The van der Waals surface area contributed by atoms with Crippen LogP contribution in [0.2, 0.25) is 5.02 Å². The summed E-state index contributed by atoms with van der Waals surface area (Å²) in [6.45, 7) is 5.21. The van der Waals surface area contributed by atoms with Crippen molar-refractivity contribution in [3.05, 3.63) is 81.9 Å². The molecule has 0 saturated heterocycles. The summed E-state index contributed by atoms with van der Waals surface area (Å²) in [7, 11) is 0. The topological polar surface area (TPSA) is 46.6 Å². The summed E-state index contributed by atoms with van der Waals surface area (Å²) in [5, 5.41) is 0.609. The molecule has 2 aliphatic heterocycles. The number of hydrogen-bond acceptors (Lipinski definition) is 3. The summed E-state index contributed by atoms with van der Waals surface area (Å²) in [5.41, 5.74) is 2.83. The highest BCUT2D eigenvalue weighted by atomic mass is 35.5. The lowest BCUT2D eigenvalue weighted by Crippen LogP contribution is -2.42. The average molecular weight is 438 g/mol. The minimum Gasteiger partial charge on any atom is -0.446 e. The Balaban J connectivity index is 1.60. The van der Waals surface area contributed by atoms with Crippen molar-refractivity contribution in [1.29, 1.82) is 0 Å². The third-order valence-corrected chi connectivity index (χ3v) is 6.39. The molecule has 2 aromatic carbocycles. The van der Waals surface area contributed by atoms with Crippen molar-refractivity contribution in [2.45, 2.75) is 45.1 Å². The quantitative estimate of drug-likeness (QED) is 0.576. The van der Waals surface area contributed by atoms with E-state index in [1.54, 1.807) is 0 Å². The molecule has 0 fully saturated rings. The molecule has 4 nitrogen and oxygen atoms in total. The van der Waals surface area contributed by atoms with Gasteiger partial charge in [0.15, 0.2) is 5.60 Å². The molecule has 0 N–H and O–H groups in total. The molecule has 2 aromatic rings. The molecule has 0 bridgehead atoms. The van der Waals surface area contributed by atoms with E-state index in [0.717, 1.165) is 22.3 Å². The molecule has 2 aliphatic rings. The Morgan fingerprint density at radius 2 is 1.94 bits per heavy atom. The largest absolute Gasteiger partial charge is 0.446 e. The van der Waals surface area contributed by atoms with Gasteiger partial charge in [-0.25, -0.2) is 4.79 Å². The zero-order chi connectivity index (χ0) is 22.0. The molecule has 1 amide bonds. The normalized spacial score (nSPS) is 20.8. The van der Waals surface area contributed by atoms with Crippen LogP contribution >= 0.6 is 11.6 Å². The molecule has 5 heteroatoms. The van der Waals surface area contributed by atoms with E-state index >= 15 is 0 Å². The first-order valence-electron chi connectivity index (χ1n) is 10.9. The van der Waals surface area contributed by atoms with Crippen LogP contribution < -0.4 is 0 Å². The zero-order valence-electron chi connectivity index (χ0n) is 18.1. The van der Waals surface area contributed by atoms with Gasteiger partial charge in [-0.2, -0.15) is 0 Å². The van der Waals surface area contributed by atoms with Crippen molar-refractivity contribution in [3.8, 4) is 0 Å². The number of cyclic esters (lactones) is 1. The van der Waals surface area contributed by atoms with Gasteiger partial charge in [0.05, 0.1) is 0 Å². The van der Waals surface area contributed by atoms with Crippen molar-refractivity contribution < 1.29 is 14.3 Å². The van der Waals surface area contributed by atoms with E-state index in [0.29, 0.717) is 49.7 Å². The van der Waals surface area contributed by atoms with Gasteiger partial charge >= 0.3 is 5.97 Å². The molecule has 0 aromatic heterocycles. The molecule has 4 rings (SSSR count). The number of hydrogen-bond donors (Lipinski definition) is 0. The highest BCUT2D eigenvalue weighted by molar-refractivity contribution is 6.30. The number of ether oxygens (including phenoxy) is 1. The Hall–Kier alpha value is -2.59. The van der Waals surface area contributed by atoms with Crippen LogP contribution in [0, 0.1) is 5.92 Å². The number of carbonyl (C=O) groups is 2. The number of aryl methyl sites for hydroxylation is 1. The number of benzene rings is 2. The van der Waals surface area contributed by atoms with Crippen LogP contribution in [-0.4, -0.2) is 29.9 Å². The van der Waals surface area contributed by atoms with Gasteiger partial charge in [-0.15, -0.1) is 0 Å². The zero-order valence-corrected chi connectivity index (χ0v) is 18.8. The summed E-state index contributed by atoms with van der Waals surface area (Å²) < 4.78 is 6.10. The van der Waals surface area contributed by atoms with Crippen molar-refractivity contribution in [1.82, 2.24) is 4.90 Å². The molecule has 2 heterocycles. The third kappa shape index (κ3) is 4.40. The minimum atomic E-state index is -0.857. The lowest BCUT2D eigenvalue weighted by Gasteiger charge is -2.37. The lowest BCUT2D eigenvalue weighted by molar-refractivity contribution is -0.149. The third-order valence-electron chi connectivity index (χ3n) is 6.16. The molecule has 1 unspecified atom stereocenters. The second-order valence-corrected chi connectivity index (χ2v) is 9.27. The van der Waals surface area contributed by atoms with Crippen LogP contribution in [0.3, 0.4) is 0 Å². The predicted octanol–water partition coefficient (Wildman–Crippen LogP) is 5.30. The van der Waals surface area contributed by atoms with Crippen LogP contribution in [0.25, 0.3) is 0 Å². The number of amides is 1. The predicted molar refractivity (Wildman–Crippen MR) is 122 cm³/mol. The van der Waals surface area contributed by atoms with E-state index < -0.39 is 5.60 Å². The summed E-state index contributed by atoms with van der Waals surface area (Å²) in [5.74, 6) is 0.147. The van der Waals surface area contributed by atoms with Gasteiger partial charge in [-0.1, -0.05) is 67.9 Å². The molecule has 31 heavy (non-hydrogen) atoms. The summed E-state index contributed by atoms with van der Waals surface area (Å²) in [6, 6.07) is 17.6. The average Bonchev–Trinajstić information content (AvgIpc) is 3.04. The van der Waals surface area contributed by atoms with Crippen molar-refractivity contribution in [2.75, 3.05) is 13.1 Å². The minimum absolute atomic E-state index is 0.110. The maximum atomic E-state index is 13.0. The Morgan fingerprint density at radius 1 is 1.16 bits per heavy atom. The van der Waals surface area contributed by atoms with E-state index in [9.17, 15) is 9.59 Å². The molecule has 1 atom stereocenters. The summed E-state index contributed by atoms with van der Waals surface area (Å²) in [6.07, 6.45) is 2.36. The second-order valence-electron chi connectivity index (χ2n) is 8.83. The number of nitrogens with zero attached hydrogens (tertiary/aromatic N) is 1. The number of esters is 1. The van der Waals surface area contributed by atoms with Gasteiger partial charge in [-0.3, -0.25) is 4.79 Å². The Kier molecular flexibility index (Phi) is 6.19. The number of rotatable bonds is 6. The molecule has 0 aliphatic carbocycles. The Morgan fingerprint density at radius 3 is 2.65 bits per heavy atom. The first kappa shape index (κ1) is 21.6. The highest BCUT2D eigenvalue weighted by Gasteiger charge is 2.50. The van der Waals surface area contributed by atoms with Crippen LogP contribution in [-0.2, 0) is 26.3 Å². The van der Waals surface area contributed by atoms with Gasteiger partial charge in [0, 0.05) is 41.2 Å². The van der Waals surface area contributed by atoms with E-state index in [1.165, 1.54) is 0 Å². The number of halogens is 1. The highest BCUT2D eigenvalue weighted by Crippen LogP contribution is 2.48. The van der Waals surface area contributed by atoms with Crippen LogP contribution in [0.1, 0.15) is 44.2 Å². The van der Waals surface area contributed by atoms with Gasteiger partial charge in [0.1, 0.15) is 0 Å². The fourth-order valence-corrected chi connectivity index (χ4v) is 4.93. The van der Waals surface area contributed by atoms with Crippen LogP contribution in [0.5, 0.6) is 0 Å². The monoisotopic (exact) mass is 437 g/mol. The Bertz CT molecular complexity index is 1010. The van der Waals surface area contributed by atoms with E-state index in [-0.39, 0.29) is 11.9 Å². The summed E-state index contributed by atoms with van der Waals surface area (Å²) in [4.78, 5) is 27.7. The molecular formula is C26H28ClNO3. The van der Waals surface area contributed by atoms with Gasteiger partial charge in [0.2, 0.25) is 5.91 Å². The molecular weight excluding hydrogens is 410 g/mol. The van der Waals surface area contributed by atoms with Gasteiger partial charge in [-0.05, 0) is 42.9 Å². The molecule has 162 valence electrons. The maximum absolute atomic E-state index is 13.0. The SMILES string of the molecule is CC(C)CC1(c2cccc(Cl)c2)OC(=O)C2=C1CN(C(=O)CCc1ccccc1)CC2. The van der Waals surface area contributed by atoms with Crippen LogP contribution in [0.15, 0.2) is 65.7 Å². The smallest absolute Gasteiger partial charge is 0.335 e. The molecule has 0 spiro atoms. The lowest BCUT2D eigenvalue weighted by atomic mass is 9.77. The fourth-order valence-electron chi connectivity index (χ4n) is 4.74. The molecule has 0 radical (unpaired) electrons. The molecule has 0 saturated carbocycles. The van der Waals surface area contributed by atoms with Crippen molar-refractivity contribution in [3.63, 3.8) is 0 Å². The maximum Gasteiger partial charge on any atom is 0.335 e. The van der Waals surface area contributed by atoms with Gasteiger partial charge in [0.25, 0.3) is 0 Å². The van der Waals surface area contributed by atoms with E-state index in [4.69, 9.17) is 16.3 Å². The van der Waals surface area contributed by atoms with Crippen molar-refractivity contribution >= 4 is 23.5 Å².